The van der Waals surface area contributed by atoms with Crippen LogP contribution in [0.5, 0.6) is 11.5 Å². The molecule has 0 radical (unpaired) electrons. The van der Waals surface area contributed by atoms with E-state index in [1.807, 2.05) is 35.7 Å². The maximum atomic E-state index is 9.49. The van der Waals surface area contributed by atoms with E-state index >= 15 is 0 Å². The molecule has 1 aliphatic rings. The lowest BCUT2D eigenvalue weighted by molar-refractivity contribution is 0.174. The minimum atomic E-state index is 0.240. The molecule has 0 aliphatic carbocycles. The zero-order valence-corrected chi connectivity index (χ0v) is 14.5. The van der Waals surface area contributed by atoms with Gasteiger partial charge in [-0.05, 0) is 42.0 Å². The normalized spacial score (nSPS) is 12.9. The van der Waals surface area contributed by atoms with Gasteiger partial charge in [0.1, 0.15) is 11.1 Å². The van der Waals surface area contributed by atoms with E-state index in [-0.39, 0.29) is 6.79 Å². The number of allylic oxidation sites excluding steroid dienone is 1. The average Bonchev–Trinajstić information content (AvgIpc) is 3.30. The van der Waals surface area contributed by atoms with Gasteiger partial charge in [-0.3, -0.25) is 0 Å². The van der Waals surface area contributed by atoms with Gasteiger partial charge in [0, 0.05) is 16.0 Å². The summed E-state index contributed by atoms with van der Waals surface area (Å²) in [6.07, 6.45) is 1.80. The van der Waals surface area contributed by atoms with Gasteiger partial charge in [-0.1, -0.05) is 23.7 Å². The van der Waals surface area contributed by atoms with Crippen molar-refractivity contribution in [1.82, 2.24) is 4.98 Å². The van der Waals surface area contributed by atoms with E-state index in [1.165, 1.54) is 11.3 Å². The molecule has 1 aliphatic heterocycles. The van der Waals surface area contributed by atoms with E-state index in [0.29, 0.717) is 21.4 Å². The lowest BCUT2D eigenvalue weighted by Crippen LogP contribution is -1.92. The smallest absolute Gasteiger partial charge is 0.231 e. The van der Waals surface area contributed by atoms with Crippen molar-refractivity contribution in [2.75, 3.05) is 6.79 Å². The average molecular weight is 367 g/mol. The van der Waals surface area contributed by atoms with Gasteiger partial charge >= 0.3 is 0 Å². The fourth-order valence-electron chi connectivity index (χ4n) is 2.45. The second-order valence-electron chi connectivity index (χ2n) is 5.33. The number of halogens is 1. The standard InChI is InChI=1S/C19H11ClN2O2S/c20-15-4-1-12(2-5-15)7-14(9-21)19-22-16(10-25-19)13-3-6-17-18(8-13)24-11-23-17/h1-8,10H,11H2/b14-7+. The summed E-state index contributed by atoms with van der Waals surface area (Å²) in [5, 5.41) is 12.8. The van der Waals surface area contributed by atoms with Crippen molar-refractivity contribution in [2.24, 2.45) is 0 Å². The Hall–Kier alpha value is -2.81. The summed E-state index contributed by atoms with van der Waals surface area (Å²) < 4.78 is 10.7. The van der Waals surface area contributed by atoms with Crippen molar-refractivity contribution in [3.8, 4) is 28.8 Å². The monoisotopic (exact) mass is 366 g/mol. The Morgan fingerprint density at radius 2 is 1.96 bits per heavy atom. The van der Waals surface area contributed by atoms with Gasteiger partial charge in [0.25, 0.3) is 0 Å². The lowest BCUT2D eigenvalue weighted by Gasteiger charge is -1.99. The zero-order valence-electron chi connectivity index (χ0n) is 12.9. The minimum Gasteiger partial charge on any atom is -0.454 e. The molecule has 0 unspecified atom stereocenters. The fraction of sp³-hybridized carbons (Fsp3) is 0.0526. The van der Waals surface area contributed by atoms with Crippen LogP contribution in [0.15, 0.2) is 47.8 Å². The third kappa shape index (κ3) is 3.22. The Labute approximate surface area is 153 Å². The maximum Gasteiger partial charge on any atom is 0.231 e. The first-order valence-electron chi connectivity index (χ1n) is 7.46. The van der Waals surface area contributed by atoms with Crippen molar-refractivity contribution >= 4 is 34.6 Å². The molecule has 25 heavy (non-hydrogen) atoms. The topological polar surface area (TPSA) is 55.1 Å². The van der Waals surface area contributed by atoms with Gasteiger partial charge in [0.2, 0.25) is 6.79 Å². The Kier molecular flexibility index (Phi) is 4.14. The summed E-state index contributed by atoms with van der Waals surface area (Å²) in [5.41, 5.74) is 3.14. The van der Waals surface area contributed by atoms with E-state index < -0.39 is 0 Å². The van der Waals surface area contributed by atoms with Gasteiger partial charge in [0.05, 0.1) is 11.3 Å². The van der Waals surface area contributed by atoms with Crippen LogP contribution in [0.4, 0.5) is 0 Å². The molecule has 0 amide bonds. The molecule has 4 nitrogen and oxygen atoms in total. The van der Waals surface area contributed by atoms with Crippen LogP contribution in [-0.4, -0.2) is 11.8 Å². The quantitative estimate of drug-likeness (QED) is 0.593. The van der Waals surface area contributed by atoms with Crippen LogP contribution in [0.1, 0.15) is 10.6 Å². The molecule has 0 atom stereocenters. The molecule has 0 spiro atoms. The van der Waals surface area contributed by atoms with Crippen LogP contribution in [0.25, 0.3) is 22.9 Å². The van der Waals surface area contributed by atoms with E-state index in [1.54, 1.807) is 18.2 Å². The Morgan fingerprint density at radius 3 is 2.76 bits per heavy atom. The molecule has 2 aromatic carbocycles. The molecule has 2 heterocycles. The van der Waals surface area contributed by atoms with E-state index in [0.717, 1.165) is 22.6 Å². The number of nitrogens with zero attached hydrogens (tertiary/aromatic N) is 2. The number of hydrogen-bond acceptors (Lipinski definition) is 5. The summed E-state index contributed by atoms with van der Waals surface area (Å²) >= 11 is 7.33. The first-order valence-corrected chi connectivity index (χ1v) is 8.72. The summed E-state index contributed by atoms with van der Waals surface area (Å²) in [7, 11) is 0. The molecule has 0 fully saturated rings. The number of fused-ring (bicyclic) bond motifs is 1. The number of nitriles is 1. The SMILES string of the molecule is N#C/C(=C\c1ccc(Cl)cc1)c1nc(-c2ccc3c(c2)OCO3)cs1. The Balaban J connectivity index is 1.65. The highest BCUT2D eigenvalue weighted by molar-refractivity contribution is 7.11. The van der Waals surface area contributed by atoms with Crippen LogP contribution in [0.3, 0.4) is 0 Å². The minimum absolute atomic E-state index is 0.240. The first kappa shape index (κ1) is 15.7. The molecule has 3 aromatic rings. The van der Waals surface area contributed by atoms with E-state index in [9.17, 15) is 5.26 Å². The van der Waals surface area contributed by atoms with E-state index in [2.05, 4.69) is 11.1 Å². The second kappa shape index (κ2) is 6.60. The van der Waals surface area contributed by atoms with Crippen LogP contribution in [0.2, 0.25) is 5.02 Å². The highest BCUT2D eigenvalue weighted by atomic mass is 35.5. The molecular weight excluding hydrogens is 356 g/mol. The van der Waals surface area contributed by atoms with Gasteiger partial charge in [-0.25, -0.2) is 4.98 Å². The zero-order chi connectivity index (χ0) is 17.2. The molecule has 1 aromatic heterocycles. The molecular formula is C19H11ClN2O2S. The Morgan fingerprint density at radius 1 is 1.16 bits per heavy atom. The number of benzene rings is 2. The van der Waals surface area contributed by atoms with Crippen LogP contribution in [-0.2, 0) is 0 Å². The van der Waals surface area contributed by atoms with Crippen molar-refractivity contribution in [3.05, 3.63) is 63.4 Å². The third-order valence-corrected chi connectivity index (χ3v) is 4.83. The number of hydrogen-bond donors (Lipinski definition) is 0. The van der Waals surface area contributed by atoms with Crippen LogP contribution < -0.4 is 9.47 Å². The molecule has 0 saturated heterocycles. The first-order chi connectivity index (χ1) is 12.2. The van der Waals surface area contributed by atoms with Gasteiger partial charge in [0.15, 0.2) is 11.5 Å². The molecule has 122 valence electrons. The largest absolute Gasteiger partial charge is 0.454 e. The summed E-state index contributed by atoms with van der Waals surface area (Å²) in [5.74, 6) is 1.45. The van der Waals surface area contributed by atoms with Gasteiger partial charge in [-0.2, -0.15) is 5.26 Å². The second-order valence-corrected chi connectivity index (χ2v) is 6.62. The maximum absolute atomic E-state index is 9.49. The third-order valence-electron chi connectivity index (χ3n) is 3.70. The molecule has 0 N–H and O–H groups in total. The number of rotatable bonds is 3. The Bertz CT molecular complexity index is 1000. The van der Waals surface area contributed by atoms with E-state index in [4.69, 9.17) is 21.1 Å². The molecule has 4 rings (SSSR count). The molecule has 0 bridgehead atoms. The van der Waals surface area contributed by atoms with Crippen molar-refractivity contribution in [1.29, 1.82) is 5.26 Å². The lowest BCUT2D eigenvalue weighted by atomic mass is 10.1. The van der Waals surface area contributed by atoms with Gasteiger partial charge < -0.3 is 9.47 Å². The fourth-order valence-corrected chi connectivity index (χ4v) is 3.37. The van der Waals surface area contributed by atoms with Crippen molar-refractivity contribution in [2.45, 2.75) is 0 Å². The molecule has 0 saturated carbocycles. The summed E-state index contributed by atoms with van der Waals surface area (Å²) in [4.78, 5) is 4.60. The number of aromatic nitrogens is 1. The highest BCUT2D eigenvalue weighted by Crippen LogP contribution is 2.36. The van der Waals surface area contributed by atoms with Crippen LogP contribution in [0, 0.1) is 11.3 Å². The highest BCUT2D eigenvalue weighted by Gasteiger charge is 2.15. The predicted molar refractivity (Wildman–Crippen MR) is 98.6 cm³/mol. The van der Waals surface area contributed by atoms with Crippen LogP contribution >= 0.6 is 22.9 Å². The summed E-state index contributed by atoms with van der Waals surface area (Å²) in [6, 6.07) is 15.2. The van der Waals surface area contributed by atoms with Crippen molar-refractivity contribution in [3.63, 3.8) is 0 Å². The molecule has 6 heteroatoms. The number of thiazole rings is 1. The number of ether oxygens (including phenoxy) is 2. The predicted octanol–water partition coefficient (Wildman–Crippen LogP) is 5.26. The summed E-state index contributed by atoms with van der Waals surface area (Å²) in [6.45, 7) is 0.240. The van der Waals surface area contributed by atoms with Gasteiger partial charge in [-0.15, -0.1) is 11.3 Å². The van der Waals surface area contributed by atoms with Crippen molar-refractivity contribution < 1.29 is 9.47 Å².